The molecule has 1 aromatic carbocycles. The maximum absolute atomic E-state index is 13.4. The van der Waals surface area contributed by atoms with Crippen molar-refractivity contribution in [2.75, 3.05) is 33.3 Å². The summed E-state index contributed by atoms with van der Waals surface area (Å²) in [5, 5.41) is 3.37. The molecule has 20 heavy (non-hydrogen) atoms. The van der Waals surface area contributed by atoms with Gasteiger partial charge in [0.25, 0.3) is 5.91 Å². The molecule has 1 atom stereocenters. The van der Waals surface area contributed by atoms with E-state index < -0.39 is 5.82 Å². The third-order valence-electron chi connectivity index (χ3n) is 4.46. The molecule has 4 nitrogen and oxygen atoms in total. The Labute approximate surface area is 117 Å². The first-order valence-electron chi connectivity index (χ1n) is 6.97. The number of rotatable bonds is 2. The normalized spacial score (nSPS) is 25.4. The number of amides is 1. The Morgan fingerprint density at radius 2 is 2.30 bits per heavy atom. The zero-order chi connectivity index (χ0) is 14.2. The van der Waals surface area contributed by atoms with Crippen LogP contribution in [0.25, 0.3) is 0 Å². The van der Waals surface area contributed by atoms with Crippen molar-refractivity contribution in [2.45, 2.75) is 12.8 Å². The van der Waals surface area contributed by atoms with Gasteiger partial charge in [-0.05, 0) is 37.6 Å². The van der Waals surface area contributed by atoms with Gasteiger partial charge in [-0.1, -0.05) is 0 Å². The zero-order valence-corrected chi connectivity index (χ0v) is 11.6. The number of hydrogen-bond acceptors (Lipinski definition) is 3. The Kier molecular flexibility index (Phi) is 3.38. The van der Waals surface area contributed by atoms with Crippen LogP contribution in [0.1, 0.15) is 23.2 Å². The number of carbonyl (C=O) groups is 1. The van der Waals surface area contributed by atoms with Crippen LogP contribution in [0.15, 0.2) is 18.2 Å². The van der Waals surface area contributed by atoms with Crippen LogP contribution in [-0.2, 0) is 0 Å². The first kappa shape index (κ1) is 13.4. The summed E-state index contributed by atoms with van der Waals surface area (Å²) in [5.41, 5.74) is 0.742. The van der Waals surface area contributed by atoms with Crippen LogP contribution >= 0.6 is 0 Å². The third-order valence-corrected chi connectivity index (χ3v) is 4.46. The van der Waals surface area contributed by atoms with Crippen LogP contribution < -0.4 is 10.1 Å². The van der Waals surface area contributed by atoms with Gasteiger partial charge in [-0.25, -0.2) is 4.39 Å². The molecule has 1 unspecified atom stereocenters. The molecule has 3 rings (SSSR count). The molecule has 5 heteroatoms. The molecule has 1 amide bonds. The number of nitrogens with one attached hydrogen (secondary N) is 1. The second kappa shape index (κ2) is 5.05. The lowest BCUT2D eigenvalue weighted by molar-refractivity contribution is 0.0775. The molecule has 1 aromatic rings. The summed E-state index contributed by atoms with van der Waals surface area (Å²) in [5.74, 6) is -0.360. The van der Waals surface area contributed by atoms with Gasteiger partial charge in [0.1, 0.15) is 0 Å². The second-order valence-electron chi connectivity index (χ2n) is 5.75. The molecule has 1 spiro atoms. The van der Waals surface area contributed by atoms with E-state index in [0.29, 0.717) is 5.56 Å². The van der Waals surface area contributed by atoms with Crippen molar-refractivity contribution in [2.24, 2.45) is 5.41 Å². The molecule has 0 aliphatic carbocycles. The van der Waals surface area contributed by atoms with E-state index >= 15 is 0 Å². The second-order valence-corrected chi connectivity index (χ2v) is 5.75. The van der Waals surface area contributed by atoms with Gasteiger partial charge in [0, 0.05) is 30.6 Å². The van der Waals surface area contributed by atoms with Gasteiger partial charge in [-0.2, -0.15) is 0 Å². The summed E-state index contributed by atoms with van der Waals surface area (Å²) in [6, 6.07) is 4.29. The predicted molar refractivity (Wildman–Crippen MR) is 73.4 cm³/mol. The van der Waals surface area contributed by atoms with Gasteiger partial charge in [0.05, 0.1) is 7.11 Å². The van der Waals surface area contributed by atoms with Gasteiger partial charge >= 0.3 is 0 Å². The summed E-state index contributed by atoms with van der Waals surface area (Å²) in [6.45, 7) is 3.59. The van der Waals surface area contributed by atoms with Crippen molar-refractivity contribution in [3.63, 3.8) is 0 Å². The maximum atomic E-state index is 13.4. The van der Waals surface area contributed by atoms with E-state index in [-0.39, 0.29) is 17.1 Å². The number of likely N-dealkylation sites (tertiary alicyclic amines) is 1. The highest BCUT2D eigenvalue weighted by molar-refractivity contribution is 5.94. The molecule has 0 saturated carbocycles. The SMILES string of the molecule is COc1cc(C(=O)N2CCC3(CCNC3)C2)ccc1F. The van der Waals surface area contributed by atoms with Gasteiger partial charge in [0.2, 0.25) is 0 Å². The smallest absolute Gasteiger partial charge is 0.254 e. The fraction of sp³-hybridized carbons (Fsp3) is 0.533. The highest BCUT2D eigenvalue weighted by atomic mass is 19.1. The Morgan fingerprint density at radius 1 is 1.45 bits per heavy atom. The van der Waals surface area contributed by atoms with Crippen LogP contribution in [0.4, 0.5) is 4.39 Å². The summed E-state index contributed by atoms with van der Waals surface area (Å²) in [6.07, 6.45) is 2.17. The van der Waals surface area contributed by atoms with Crippen LogP contribution in [-0.4, -0.2) is 44.1 Å². The Balaban J connectivity index is 1.76. The van der Waals surface area contributed by atoms with E-state index in [1.807, 2.05) is 4.90 Å². The minimum absolute atomic E-state index is 0.0351. The molecule has 1 N–H and O–H groups in total. The first-order chi connectivity index (χ1) is 9.63. The number of nitrogens with zero attached hydrogens (tertiary/aromatic N) is 1. The highest BCUT2D eigenvalue weighted by Gasteiger charge is 2.41. The van der Waals surface area contributed by atoms with E-state index in [9.17, 15) is 9.18 Å². The van der Waals surface area contributed by atoms with Crippen LogP contribution in [0.2, 0.25) is 0 Å². The van der Waals surface area contributed by atoms with Gasteiger partial charge < -0.3 is 15.0 Å². The fourth-order valence-corrected chi connectivity index (χ4v) is 3.23. The molecular weight excluding hydrogens is 259 g/mol. The van der Waals surface area contributed by atoms with Crippen molar-refractivity contribution < 1.29 is 13.9 Å². The molecule has 108 valence electrons. The van der Waals surface area contributed by atoms with Crippen molar-refractivity contribution in [3.8, 4) is 5.75 Å². The van der Waals surface area contributed by atoms with E-state index in [4.69, 9.17) is 4.74 Å². The van der Waals surface area contributed by atoms with Crippen LogP contribution in [0.3, 0.4) is 0 Å². The number of carbonyl (C=O) groups excluding carboxylic acids is 1. The number of ether oxygens (including phenoxy) is 1. The molecule has 2 heterocycles. The Morgan fingerprint density at radius 3 is 3.00 bits per heavy atom. The zero-order valence-electron chi connectivity index (χ0n) is 11.6. The minimum Gasteiger partial charge on any atom is -0.494 e. The predicted octanol–water partition coefficient (Wildman–Crippen LogP) is 1.66. The molecule has 2 aliphatic heterocycles. The van der Waals surface area contributed by atoms with Crippen molar-refractivity contribution in [3.05, 3.63) is 29.6 Å². The molecule has 0 radical (unpaired) electrons. The Hall–Kier alpha value is -1.62. The summed E-state index contributed by atoms with van der Waals surface area (Å²) in [4.78, 5) is 14.4. The summed E-state index contributed by atoms with van der Waals surface area (Å²) in [7, 11) is 1.40. The van der Waals surface area contributed by atoms with Crippen molar-refractivity contribution in [1.29, 1.82) is 0 Å². The number of halogens is 1. The monoisotopic (exact) mass is 278 g/mol. The largest absolute Gasteiger partial charge is 0.494 e. The van der Waals surface area contributed by atoms with Crippen LogP contribution in [0, 0.1) is 11.2 Å². The lowest BCUT2D eigenvalue weighted by Gasteiger charge is -2.23. The molecule has 2 aliphatic rings. The maximum Gasteiger partial charge on any atom is 0.254 e. The van der Waals surface area contributed by atoms with Crippen LogP contribution in [0.5, 0.6) is 5.75 Å². The number of benzene rings is 1. The molecule has 2 saturated heterocycles. The lowest BCUT2D eigenvalue weighted by Crippen LogP contribution is -2.33. The van der Waals surface area contributed by atoms with E-state index in [1.165, 1.54) is 25.3 Å². The highest BCUT2D eigenvalue weighted by Crippen LogP contribution is 2.36. The van der Waals surface area contributed by atoms with E-state index in [1.54, 1.807) is 0 Å². The Bertz CT molecular complexity index is 527. The summed E-state index contributed by atoms with van der Waals surface area (Å²) >= 11 is 0. The third kappa shape index (κ3) is 2.26. The fourth-order valence-electron chi connectivity index (χ4n) is 3.23. The average Bonchev–Trinajstić information content (AvgIpc) is 3.09. The lowest BCUT2D eigenvalue weighted by atomic mass is 9.86. The van der Waals surface area contributed by atoms with E-state index in [0.717, 1.165) is 39.0 Å². The minimum atomic E-state index is -0.443. The average molecular weight is 278 g/mol. The molecule has 0 bridgehead atoms. The standard InChI is InChI=1S/C15H19FN2O2/c1-20-13-8-11(2-3-12(13)16)14(19)18-7-5-15(10-18)4-6-17-9-15/h2-3,8,17H,4-7,9-10H2,1H3. The topological polar surface area (TPSA) is 41.6 Å². The summed E-state index contributed by atoms with van der Waals surface area (Å²) < 4.78 is 18.3. The van der Waals surface area contributed by atoms with Gasteiger partial charge in [0.15, 0.2) is 11.6 Å². The number of methoxy groups -OCH3 is 1. The molecule has 0 aromatic heterocycles. The van der Waals surface area contributed by atoms with Crippen molar-refractivity contribution in [1.82, 2.24) is 10.2 Å². The number of hydrogen-bond donors (Lipinski definition) is 1. The van der Waals surface area contributed by atoms with Crippen molar-refractivity contribution >= 4 is 5.91 Å². The molecular formula is C15H19FN2O2. The van der Waals surface area contributed by atoms with Gasteiger partial charge in [-0.3, -0.25) is 4.79 Å². The molecule has 2 fully saturated rings. The quantitative estimate of drug-likeness (QED) is 0.894. The van der Waals surface area contributed by atoms with Gasteiger partial charge in [-0.15, -0.1) is 0 Å². The van der Waals surface area contributed by atoms with E-state index in [2.05, 4.69) is 5.32 Å². The first-order valence-corrected chi connectivity index (χ1v) is 6.97.